The Hall–Kier alpha value is -0.910. The van der Waals surface area contributed by atoms with Crippen LogP contribution in [-0.2, 0) is 0 Å². The predicted molar refractivity (Wildman–Crippen MR) is 58.0 cm³/mol. The summed E-state index contributed by atoms with van der Waals surface area (Å²) in [4.78, 5) is 5.25. The van der Waals surface area contributed by atoms with Crippen LogP contribution in [0.15, 0.2) is 12.4 Å². The number of β-amino-alcohol motifs (C(OH)–C–C–N with tert-alkyl or cyclic N) is 1. The van der Waals surface area contributed by atoms with Gasteiger partial charge in [-0.05, 0) is 6.42 Å². The van der Waals surface area contributed by atoms with Crippen LogP contribution in [0.2, 0.25) is 5.02 Å². The lowest BCUT2D eigenvalue weighted by Gasteiger charge is -2.35. The Balaban J connectivity index is 2.25. The first-order chi connectivity index (χ1) is 7.59. The third-order valence-corrected chi connectivity index (χ3v) is 2.97. The molecule has 0 unspecified atom stereocenters. The Morgan fingerprint density at radius 1 is 1.38 bits per heavy atom. The number of pyridine rings is 1. The molecule has 0 amide bonds. The Bertz CT molecular complexity index is 371. The number of piperidine rings is 1. The summed E-state index contributed by atoms with van der Waals surface area (Å²) in [6.07, 6.45) is 1.20. The van der Waals surface area contributed by atoms with E-state index in [2.05, 4.69) is 4.98 Å². The van der Waals surface area contributed by atoms with Crippen LogP contribution in [0.25, 0.3) is 0 Å². The molecule has 2 rings (SSSR count). The molecule has 0 aliphatic carbocycles. The van der Waals surface area contributed by atoms with Crippen LogP contribution in [0.4, 0.5) is 10.1 Å². The highest BCUT2D eigenvalue weighted by Gasteiger charge is 2.28. The Morgan fingerprint density at radius 3 is 2.75 bits per heavy atom. The molecule has 0 aromatic carbocycles. The minimum Gasteiger partial charge on any atom is -0.390 e. The highest BCUT2D eigenvalue weighted by atomic mass is 35.5. The summed E-state index contributed by atoms with van der Waals surface area (Å²) in [6.45, 7) is 0.626. The number of anilines is 1. The first-order valence-corrected chi connectivity index (χ1v) is 5.37. The fraction of sp³-hybridized carbons (Fsp3) is 0.500. The molecule has 1 saturated heterocycles. The monoisotopic (exact) mass is 246 g/mol. The molecule has 1 aromatic rings. The van der Waals surface area contributed by atoms with Crippen LogP contribution in [-0.4, -0.2) is 40.5 Å². The summed E-state index contributed by atoms with van der Waals surface area (Å²) < 4.78 is 13.5. The lowest BCUT2D eigenvalue weighted by Crippen LogP contribution is -2.47. The second kappa shape index (κ2) is 4.53. The highest BCUT2D eigenvalue weighted by Crippen LogP contribution is 2.30. The average Bonchev–Trinajstić information content (AvgIpc) is 2.23. The second-order valence-electron chi connectivity index (χ2n) is 3.82. The number of nitrogens with zero attached hydrogens (tertiary/aromatic N) is 2. The maximum absolute atomic E-state index is 13.5. The molecule has 6 heteroatoms. The number of rotatable bonds is 1. The third kappa shape index (κ3) is 2.11. The largest absolute Gasteiger partial charge is 0.390 e. The summed E-state index contributed by atoms with van der Waals surface area (Å²) in [5.41, 5.74) is 0.239. The van der Waals surface area contributed by atoms with E-state index in [1.165, 1.54) is 6.20 Å². The summed E-state index contributed by atoms with van der Waals surface area (Å²) in [6, 6.07) is 0. The molecule has 0 bridgehead atoms. The zero-order valence-electron chi connectivity index (χ0n) is 8.48. The number of aliphatic hydroxyl groups excluding tert-OH is 2. The molecule has 1 aliphatic rings. The van der Waals surface area contributed by atoms with Crippen LogP contribution in [0.1, 0.15) is 6.42 Å². The molecule has 1 fully saturated rings. The van der Waals surface area contributed by atoms with Crippen molar-refractivity contribution < 1.29 is 14.6 Å². The van der Waals surface area contributed by atoms with Gasteiger partial charge in [0.2, 0.25) is 0 Å². The number of hydrogen-bond acceptors (Lipinski definition) is 4. The number of aromatic nitrogens is 1. The fourth-order valence-corrected chi connectivity index (χ4v) is 2.10. The van der Waals surface area contributed by atoms with Crippen molar-refractivity contribution in [1.82, 2.24) is 4.98 Å². The zero-order chi connectivity index (χ0) is 11.7. The van der Waals surface area contributed by atoms with E-state index in [4.69, 9.17) is 11.6 Å². The van der Waals surface area contributed by atoms with Crippen LogP contribution in [0.5, 0.6) is 0 Å². The molecular weight excluding hydrogens is 235 g/mol. The van der Waals surface area contributed by atoms with Crippen LogP contribution < -0.4 is 4.90 Å². The molecule has 2 N–H and O–H groups in total. The maximum atomic E-state index is 13.5. The van der Waals surface area contributed by atoms with E-state index in [1.807, 2.05) is 0 Å². The normalized spacial score (nSPS) is 25.9. The van der Waals surface area contributed by atoms with Gasteiger partial charge in [-0.25, -0.2) is 4.39 Å². The van der Waals surface area contributed by atoms with E-state index in [1.54, 1.807) is 4.90 Å². The summed E-state index contributed by atoms with van der Waals surface area (Å²) in [5.74, 6) is -0.518. The summed E-state index contributed by atoms with van der Waals surface area (Å²) >= 11 is 5.86. The highest BCUT2D eigenvalue weighted by molar-refractivity contribution is 6.33. The van der Waals surface area contributed by atoms with Gasteiger partial charge in [0.1, 0.15) is 0 Å². The van der Waals surface area contributed by atoms with E-state index >= 15 is 0 Å². The van der Waals surface area contributed by atoms with Gasteiger partial charge in [-0.3, -0.25) is 4.98 Å². The van der Waals surface area contributed by atoms with Gasteiger partial charge >= 0.3 is 0 Å². The van der Waals surface area contributed by atoms with Gasteiger partial charge in [-0.1, -0.05) is 11.6 Å². The van der Waals surface area contributed by atoms with Crippen molar-refractivity contribution in [3.05, 3.63) is 23.2 Å². The summed E-state index contributed by atoms with van der Waals surface area (Å²) in [5, 5.41) is 19.1. The topological polar surface area (TPSA) is 56.6 Å². The Labute approximate surface area is 97.3 Å². The van der Waals surface area contributed by atoms with Gasteiger partial charge in [0.15, 0.2) is 5.82 Å². The maximum Gasteiger partial charge on any atom is 0.166 e. The van der Waals surface area contributed by atoms with Gasteiger partial charge in [0.05, 0.1) is 29.1 Å². The van der Waals surface area contributed by atoms with Gasteiger partial charge in [-0.2, -0.15) is 0 Å². The second-order valence-corrected chi connectivity index (χ2v) is 4.23. The smallest absolute Gasteiger partial charge is 0.166 e. The molecular formula is C10H12ClFN2O2. The number of halogens is 2. The molecule has 0 spiro atoms. The van der Waals surface area contributed by atoms with Crippen molar-refractivity contribution in [2.24, 2.45) is 0 Å². The van der Waals surface area contributed by atoms with Crippen molar-refractivity contribution in [1.29, 1.82) is 0 Å². The van der Waals surface area contributed by atoms with Gasteiger partial charge < -0.3 is 15.1 Å². The molecule has 2 heterocycles. The first-order valence-electron chi connectivity index (χ1n) is 4.99. The first kappa shape index (κ1) is 11.6. The van der Waals surface area contributed by atoms with Gasteiger partial charge in [0, 0.05) is 19.3 Å². The van der Waals surface area contributed by atoms with E-state index < -0.39 is 18.0 Å². The minimum atomic E-state index is -0.877. The average molecular weight is 247 g/mol. The minimum absolute atomic E-state index is 0.168. The van der Waals surface area contributed by atoms with Gasteiger partial charge in [0.25, 0.3) is 0 Å². The SMILES string of the molecule is O[C@@H]1CCN(c2c(F)cncc2Cl)C[C@@H]1O. The van der Waals surface area contributed by atoms with Gasteiger partial charge in [-0.15, -0.1) is 0 Å². The molecule has 2 atom stereocenters. The quantitative estimate of drug-likeness (QED) is 0.770. The van der Waals surface area contributed by atoms with Crippen LogP contribution in [0, 0.1) is 5.82 Å². The van der Waals surface area contributed by atoms with Crippen LogP contribution >= 0.6 is 11.6 Å². The fourth-order valence-electron chi connectivity index (χ4n) is 1.83. The molecule has 4 nitrogen and oxygen atoms in total. The van der Waals surface area contributed by atoms with Crippen molar-refractivity contribution in [3.63, 3.8) is 0 Å². The summed E-state index contributed by atoms with van der Waals surface area (Å²) in [7, 11) is 0. The molecule has 1 aromatic heterocycles. The van der Waals surface area contributed by atoms with E-state index in [9.17, 15) is 14.6 Å². The predicted octanol–water partition coefficient (Wildman–Crippen LogP) is 0.806. The number of aliphatic hydroxyl groups is 2. The van der Waals surface area contributed by atoms with E-state index in [-0.39, 0.29) is 17.3 Å². The van der Waals surface area contributed by atoms with Crippen molar-refractivity contribution in [2.45, 2.75) is 18.6 Å². The standard InChI is InChI=1S/C10H12ClFN2O2/c11-6-3-13-4-7(12)10(6)14-2-1-8(15)9(16)5-14/h3-4,8-9,15-16H,1-2,5H2/t8-,9+/m1/s1. The molecule has 16 heavy (non-hydrogen) atoms. The van der Waals surface area contributed by atoms with Crippen LogP contribution in [0.3, 0.4) is 0 Å². The van der Waals surface area contributed by atoms with Crippen molar-refractivity contribution in [2.75, 3.05) is 18.0 Å². The Morgan fingerprint density at radius 2 is 2.12 bits per heavy atom. The van der Waals surface area contributed by atoms with Crippen molar-refractivity contribution in [3.8, 4) is 0 Å². The number of hydrogen-bond donors (Lipinski definition) is 2. The molecule has 0 saturated carbocycles. The Kier molecular flexibility index (Phi) is 3.28. The van der Waals surface area contributed by atoms with Crippen molar-refractivity contribution >= 4 is 17.3 Å². The lowest BCUT2D eigenvalue weighted by molar-refractivity contribution is 0.00789. The van der Waals surface area contributed by atoms with E-state index in [0.717, 1.165) is 6.20 Å². The lowest BCUT2D eigenvalue weighted by atomic mass is 10.0. The molecule has 1 aliphatic heterocycles. The molecule has 88 valence electrons. The van der Waals surface area contributed by atoms with E-state index in [0.29, 0.717) is 13.0 Å². The third-order valence-electron chi connectivity index (χ3n) is 2.69. The zero-order valence-corrected chi connectivity index (χ0v) is 9.23. The molecule has 0 radical (unpaired) electrons.